The van der Waals surface area contributed by atoms with Crippen molar-refractivity contribution >= 4 is 56.8 Å². The molecule has 1 atom stereocenters. The number of benzene rings is 3. The van der Waals surface area contributed by atoms with E-state index in [9.17, 15) is 34.2 Å². The Morgan fingerprint density at radius 1 is 0.776 bits per heavy atom. The van der Waals surface area contributed by atoms with Crippen LogP contribution in [0.3, 0.4) is 0 Å². The Labute approximate surface area is 286 Å². The molecule has 252 valence electrons. The number of nitrogens with one attached hydrogen (secondary N) is 3. The van der Waals surface area contributed by atoms with Crippen molar-refractivity contribution in [2.75, 3.05) is 11.9 Å². The fourth-order valence-electron chi connectivity index (χ4n) is 8.73. The van der Waals surface area contributed by atoms with Crippen LogP contribution in [0.15, 0.2) is 72.1 Å². The Morgan fingerprint density at radius 2 is 1.39 bits per heavy atom. The fraction of sp³-hybridized carbons (Fsp3) is 0.342. The summed E-state index contributed by atoms with van der Waals surface area (Å²) in [5.74, 6) is -2.12. The van der Waals surface area contributed by atoms with E-state index in [0.29, 0.717) is 6.54 Å². The quantitative estimate of drug-likeness (QED) is 0.126. The lowest BCUT2D eigenvalue weighted by molar-refractivity contribution is -0.118. The number of aromatic carboxylic acids is 2. The highest BCUT2D eigenvalue weighted by atomic mass is 32.1. The summed E-state index contributed by atoms with van der Waals surface area (Å²) >= 11 is 1.44. The summed E-state index contributed by atoms with van der Waals surface area (Å²) in [7, 11) is 0. The third kappa shape index (κ3) is 6.94. The summed E-state index contributed by atoms with van der Waals surface area (Å²) in [5.41, 5.74) is 0.558. The van der Waals surface area contributed by atoms with Gasteiger partial charge < -0.3 is 26.2 Å². The van der Waals surface area contributed by atoms with Crippen molar-refractivity contribution in [3.8, 4) is 0 Å². The summed E-state index contributed by atoms with van der Waals surface area (Å²) in [6.07, 6.45) is 7.39. The van der Waals surface area contributed by atoms with Crippen molar-refractivity contribution in [1.82, 2.24) is 10.6 Å². The number of amides is 3. The average Bonchev–Trinajstić information content (AvgIpc) is 3.54. The number of rotatable bonds is 11. The molecule has 0 spiro atoms. The van der Waals surface area contributed by atoms with Gasteiger partial charge in [0, 0.05) is 23.4 Å². The maximum atomic E-state index is 14.1. The van der Waals surface area contributed by atoms with Gasteiger partial charge in [-0.15, -0.1) is 11.3 Å². The average molecular weight is 680 g/mol. The van der Waals surface area contributed by atoms with Gasteiger partial charge in [0.2, 0.25) is 5.91 Å². The van der Waals surface area contributed by atoms with E-state index in [4.69, 9.17) is 0 Å². The molecule has 4 aromatic rings. The van der Waals surface area contributed by atoms with Crippen LogP contribution in [-0.4, -0.2) is 52.5 Å². The third-order valence-electron chi connectivity index (χ3n) is 10.5. The molecule has 3 amide bonds. The molecule has 0 unspecified atom stereocenters. The monoisotopic (exact) mass is 679 g/mol. The molecule has 0 saturated heterocycles. The molecule has 0 radical (unpaired) electrons. The zero-order valence-electron chi connectivity index (χ0n) is 26.7. The molecule has 0 aliphatic heterocycles. The molecular weight excluding hydrogens is 642 g/mol. The second-order valence-electron chi connectivity index (χ2n) is 14.1. The molecule has 10 nitrogen and oxygen atoms in total. The van der Waals surface area contributed by atoms with Crippen molar-refractivity contribution in [3.05, 3.63) is 99.9 Å². The molecule has 1 aromatic heterocycles. The zero-order valence-corrected chi connectivity index (χ0v) is 27.6. The number of fused-ring (bicyclic) bond motifs is 1. The molecule has 5 N–H and O–H groups in total. The van der Waals surface area contributed by atoms with E-state index in [-0.39, 0.29) is 45.7 Å². The predicted molar refractivity (Wildman–Crippen MR) is 185 cm³/mol. The second-order valence-corrected chi connectivity index (χ2v) is 15.0. The molecule has 49 heavy (non-hydrogen) atoms. The topological polar surface area (TPSA) is 162 Å². The van der Waals surface area contributed by atoms with Crippen LogP contribution in [0, 0.1) is 23.2 Å². The molecule has 4 aliphatic rings. The van der Waals surface area contributed by atoms with E-state index in [1.165, 1.54) is 30.6 Å². The number of carbonyl (C=O) groups is 5. The van der Waals surface area contributed by atoms with Gasteiger partial charge in [-0.05, 0) is 114 Å². The first-order valence-corrected chi connectivity index (χ1v) is 17.5. The Balaban J connectivity index is 1.15. The number of hydrogen-bond donors (Lipinski definition) is 5. The van der Waals surface area contributed by atoms with Gasteiger partial charge in [0.05, 0.1) is 22.3 Å². The van der Waals surface area contributed by atoms with E-state index in [1.807, 2.05) is 17.5 Å². The predicted octanol–water partition coefficient (Wildman–Crippen LogP) is 6.22. The van der Waals surface area contributed by atoms with Gasteiger partial charge in [-0.2, -0.15) is 0 Å². The Bertz CT molecular complexity index is 1900. The van der Waals surface area contributed by atoms with Crippen LogP contribution in [0.5, 0.6) is 0 Å². The maximum absolute atomic E-state index is 14.1. The smallest absolute Gasteiger partial charge is 0.335 e. The maximum Gasteiger partial charge on any atom is 0.335 e. The lowest BCUT2D eigenvalue weighted by atomic mass is 9.49. The van der Waals surface area contributed by atoms with Crippen LogP contribution < -0.4 is 16.0 Å². The van der Waals surface area contributed by atoms with Gasteiger partial charge in [-0.1, -0.05) is 30.3 Å². The molecular formula is C38H37N3O7S. The third-order valence-corrected chi connectivity index (χ3v) is 11.3. The van der Waals surface area contributed by atoms with Crippen LogP contribution in [0.1, 0.15) is 85.5 Å². The van der Waals surface area contributed by atoms with E-state index >= 15 is 0 Å². The normalized spacial score (nSPS) is 22.7. The van der Waals surface area contributed by atoms with Crippen LogP contribution in [0.25, 0.3) is 10.1 Å². The lowest BCUT2D eigenvalue weighted by Crippen LogP contribution is -2.51. The summed E-state index contributed by atoms with van der Waals surface area (Å²) in [6.45, 7) is 0.574. The van der Waals surface area contributed by atoms with E-state index < -0.39 is 29.8 Å². The molecule has 4 bridgehead atoms. The summed E-state index contributed by atoms with van der Waals surface area (Å²) in [6, 6.07) is 16.5. The van der Waals surface area contributed by atoms with E-state index in [0.717, 1.165) is 70.9 Å². The van der Waals surface area contributed by atoms with Gasteiger partial charge in [-0.3, -0.25) is 14.4 Å². The number of hydrogen-bond acceptors (Lipinski definition) is 6. The molecule has 3 aromatic carbocycles. The molecule has 4 aliphatic carbocycles. The standard InChI is InChI=1S/C38H37N3O7S/c42-33(39-20-38-17-22-8-23(18-38)10-24(9-22)19-38)29-15-25-6-7-49-32(25)16-30(29)34(43)41-31(11-21-4-2-1-3-5-21)35(44)40-28-13-26(36(45)46)12-27(14-28)37(47)48/h1-7,12-16,22-24,31H,8-11,17-20H2,(H,39,42)(H,40,44)(H,41,43)(H,45,46)(H,47,48)/t22?,23?,24?,31-,38?/m0/s1. The largest absolute Gasteiger partial charge is 0.478 e. The van der Waals surface area contributed by atoms with Crippen molar-refractivity contribution < 1.29 is 34.2 Å². The van der Waals surface area contributed by atoms with Crippen molar-refractivity contribution in [3.63, 3.8) is 0 Å². The van der Waals surface area contributed by atoms with E-state index in [2.05, 4.69) is 16.0 Å². The highest BCUT2D eigenvalue weighted by Crippen LogP contribution is 2.59. The molecule has 8 rings (SSSR count). The number of anilines is 1. The van der Waals surface area contributed by atoms with Gasteiger partial charge >= 0.3 is 11.9 Å². The van der Waals surface area contributed by atoms with E-state index in [1.54, 1.807) is 36.4 Å². The Morgan fingerprint density at radius 3 is 2.00 bits per heavy atom. The van der Waals surface area contributed by atoms with Crippen molar-refractivity contribution in [1.29, 1.82) is 0 Å². The Hall–Kier alpha value is -5.03. The SMILES string of the molecule is O=C(O)c1cc(NC(=O)[C@H](Cc2ccccc2)NC(=O)c2cc3sccc3cc2C(=O)NCC23CC4CC(CC(C4)C2)C3)cc(C(=O)O)c1. The minimum Gasteiger partial charge on any atom is -0.478 e. The van der Waals surface area contributed by atoms with Crippen LogP contribution in [0.2, 0.25) is 0 Å². The van der Waals surface area contributed by atoms with Gasteiger partial charge in [0.25, 0.3) is 11.8 Å². The minimum atomic E-state index is -1.36. The lowest BCUT2D eigenvalue weighted by Gasteiger charge is -2.56. The summed E-state index contributed by atoms with van der Waals surface area (Å²) in [5, 5.41) is 30.4. The van der Waals surface area contributed by atoms with Crippen molar-refractivity contribution in [2.45, 2.75) is 51.0 Å². The molecule has 1 heterocycles. The molecule has 4 saturated carbocycles. The number of carboxylic acids is 2. The second kappa shape index (κ2) is 13.1. The minimum absolute atomic E-state index is 0.0423. The first-order valence-electron chi connectivity index (χ1n) is 16.6. The summed E-state index contributed by atoms with van der Waals surface area (Å²) in [4.78, 5) is 65.0. The number of carboxylic acid groups (broad SMARTS) is 2. The molecule has 4 fully saturated rings. The van der Waals surface area contributed by atoms with Gasteiger partial charge in [-0.25, -0.2) is 9.59 Å². The van der Waals surface area contributed by atoms with Crippen LogP contribution in [-0.2, 0) is 11.2 Å². The number of carbonyl (C=O) groups excluding carboxylic acids is 3. The highest BCUT2D eigenvalue weighted by molar-refractivity contribution is 7.17. The number of thiophene rings is 1. The fourth-order valence-corrected chi connectivity index (χ4v) is 9.54. The van der Waals surface area contributed by atoms with Crippen LogP contribution >= 0.6 is 11.3 Å². The first kappa shape index (κ1) is 32.5. The highest BCUT2D eigenvalue weighted by Gasteiger charge is 2.50. The Kier molecular flexibility index (Phi) is 8.70. The van der Waals surface area contributed by atoms with Gasteiger partial charge in [0.1, 0.15) is 6.04 Å². The summed E-state index contributed by atoms with van der Waals surface area (Å²) < 4.78 is 0.818. The van der Waals surface area contributed by atoms with Gasteiger partial charge in [0.15, 0.2) is 0 Å². The molecule has 11 heteroatoms. The first-order chi connectivity index (χ1) is 23.5. The van der Waals surface area contributed by atoms with Crippen LogP contribution in [0.4, 0.5) is 5.69 Å². The zero-order chi connectivity index (χ0) is 34.3. The van der Waals surface area contributed by atoms with Crippen molar-refractivity contribution in [2.24, 2.45) is 23.2 Å².